The Bertz CT molecular complexity index is 293. The van der Waals surface area contributed by atoms with Crippen molar-refractivity contribution in [2.75, 3.05) is 27.3 Å². The van der Waals surface area contributed by atoms with Crippen molar-refractivity contribution in [1.82, 2.24) is 10.2 Å². The lowest BCUT2D eigenvalue weighted by molar-refractivity contribution is -0.141. The predicted molar refractivity (Wildman–Crippen MR) is 65.4 cm³/mol. The molecule has 7 nitrogen and oxygen atoms in total. The lowest BCUT2D eigenvalue weighted by Crippen LogP contribution is -2.49. The van der Waals surface area contributed by atoms with Gasteiger partial charge in [0, 0.05) is 20.7 Å². The molecule has 0 aliphatic heterocycles. The third-order valence-electron chi connectivity index (χ3n) is 2.54. The van der Waals surface area contributed by atoms with Crippen LogP contribution in [0.3, 0.4) is 0 Å². The van der Waals surface area contributed by atoms with Crippen LogP contribution in [0.5, 0.6) is 0 Å². The molecule has 0 saturated carbocycles. The van der Waals surface area contributed by atoms with Crippen LogP contribution in [0, 0.1) is 0 Å². The molecular weight excluding hydrogens is 240 g/mol. The number of ether oxygens (including phenoxy) is 1. The molecular formula is C11H22N2O5. The minimum atomic E-state index is -1.47. The van der Waals surface area contributed by atoms with Crippen molar-refractivity contribution >= 4 is 12.0 Å². The van der Waals surface area contributed by atoms with Crippen LogP contribution >= 0.6 is 0 Å². The minimum Gasteiger partial charge on any atom is -0.481 e. The third kappa shape index (κ3) is 6.41. The van der Waals surface area contributed by atoms with Gasteiger partial charge in [0.05, 0.1) is 24.7 Å². The van der Waals surface area contributed by atoms with Gasteiger partial charge >= 0.3 is 12.0 Å². The first kappa shape index (κ1) is 16.7. The Morgan fingerprint density at radius 1 is 1.50 bits per heavy atom. The van der Waals surface area contributed by atoms with Crippen molar-refractivity contribution in [3.63, 3.8) is 0 Å². The summed E-state index contributed by atoms with van der Waals surface area (Å²) in [6.07, 6.45) is -0.426. The summed E-state index contributed by atoms with van der Waals surface area (Å²) < 4.78 is 4.92. The third-order valence-corrected chi connectivity index (χ3v) is 2.54. The summed E-state index contributed by atoms with van der Waals surface area (Å²) in [4.78, 5) is 23.6. The zero-order valence-electron chi connectivity index (χ0n) is 11.3. The number of likely N-dealkylation sites (N-methyl/N-ethyl adjacent to an activating group) is 1. The topological polar surface area (TPSA) is 99.1 Å². The van der Waals surface area contributed by atoms with E-state index >= 15 is 0 Å². The highest BCUT2D eigenvalue weighted by Crippen LogP contribution is 2.07. The molecule has 3 N–H and O–H groups in total. The Balaban J connectivity index is 4.20. The van der Waals surface area contributed by atoms with E-state index in [-0.39, 0.29) is 18.6 Å². The molecule has 0 aromatic rings. The monoisotopic (exact) mass is 262 g/mol. The van der Waals surface area contributed by atoms with Gasteiger partial charge in [-0.1, -0.05) is 0 Å². The average molecular weight is 262 g/mol. The Kier molecular flexibility index (Phi) is 6.64. The number of aliphatic hydroxyl groups is 1. The van der Waals surface area contributed by atoms with Crippen LogP contribution < -0.4 is 5.32 Å². The van der Waals surface area contributed by atoms with Crippen molar-refractivity contribution in [3.8, 4) is 0 Å². The molecule has 0 aliphatic rings. The van der Waals surface area contributed by atoms with Crippen molar-refractivity contribution in [2.24, 2.45) is 0 Å². The van der Waals surface area contributed by atoms with E-state index < -0.39 is 18.0 Å². The van der Waals surface area contributed by atoms with E-state index in [1.54, 1.807) is 14.2 Å². The average Bonchev–Trinajstić information content (AvgIpc) is 2.23. The number of nitrogens with one attached hydrogen (secondary N) is 1. The van der Waals surface area contributed by atoms with Gasteiger partial charge in [-0.3, -0.25) is 4.79 Å². The van der Waals surface area contributed by atoms with Crippen LogP contribution in [0.2, 0.25) is 0 Å². The molecule has 0 spiro atoms. The molecule has 0 saturated heterocycles. The highest BCUT2D eigenvalue weighted by atomic mass is 16.5. The normalized spacial score (nSPS) is 15.6. The van der Waals surface area contributed by atoms with E-state index in [0.717, 1.165) is 0 Å². The maximum absolute atomic E-state index is 11.7. The van der Waals surface area contributed by atoms with Crippen LogP contribution in [-0.2, 0) is 9.53 Å². The standard InChI is InChI=1S/C11H22N2O5/c1-8(6-18-4)13(3)10(16)12-7-11(2,17)5-9(14)15/h8,17H,5-7H2,1-4H3,(H,12,16)(H,14,15). The van der Waals surface area contributed by atoms with Gasteiger partial charge in [0.1, 0.15) is 0 Å². The molecule has 0 aliphatic carbocycles. The Hall–Kier alpha value is -1.34. The second kappa shape index (κ2) is 7.17. The summed E-state index contributed by atoms with van der Waals surface area (Å²) >= 11 is 0. The zero-order chi connectivity index (χ0) is 14.3. The fourth-order valence-corrected chi connectivity index (χ4v) is 1.33. The van der Waals surface area contributed by atoms with Crippen molar-refractivity contribution < 1.29 is 24.5 Å². The minimum absolute atomic E-state index is 0.112. The Morgan fingerprint density at radius 3 is 2.50 bits per heavy atom. The molecule has 0 rings (SSSR count). The van der Waals surface area contributed by atoms with E-state index in [9.17, 15) is 14.7 Å². The lowest BCUT2D eigenvalue weighted by atomic mass is 10.0. The molecule has 0 radical (unpaired) electrons. The van der Waals surface area contributed by atoms with Crippen LogP contribution in [0.1, 0.15) is 20.3 Å². The van der Waals surface area contributed by atoms with Gasteiger partial charge in [-0.15, -0.1) is 0 Å². The van der Waals surface area contributed by atoms with Crippen LogP contribution in [0.15, 0.2) is 0 Å². The van der Waals surface area contributed by atoms with Gasteiger partial charge in [0.25, 0.3) is 0 Å². The smallest absolute Gasteiger partial charge is 0.317 e. The van der Waals surface area contributed by atoms with Gasteiger partial charge in [-0.25, -0.2) is 4.79 Å². The highest BCUT2D eigenvalue weighted by molar-refractivity contribution is 5.74. The molecule has 18 heavy (non-hydrogen) atoms. The number of methoxy groups -OCH3 is 1. The summed E-state index contributed by atoms with van der Waals surface area (Å²) in [5.41, 5.74) is -1.47. The number of carboxylic acid groups (broad SMARTS) is 1. The Morgan fingerprint density at radius 2 is 2.06 bits per heavy atom. The molecule has 0 fully saturated rings. The summed E-state index contributed by atoms with van der Waals surface area (Å²) in [5, 5.41) is 20.8. The lowest BCUT2D eigenvalue weighted by Gasteiger charge is -2.27. The molecule has 7 heteroatoms. The van der Waals surface area contributed by atoms with Crippen molar-refractivity contribution in [1.29, 1.82) is 0 Å². The molecule has 2 amide bonds. The number of aliphatic carboxylic acids is 1. The first-order valence-electron chi connectivity index (χ1n) is 5.63. The quantitative estimate of drug-likeness (QED) is 0.594. The van der Waals surface area contributed by atoms with Gasteiger partial charge in [0.2, 0.25) is 0 Å². The number of amides is 2. The van der Waals surface area contributed by atoms with Crippen LogP contribution in [0.4, 0.5) is 4.79 Å². The van der Waals surface area contributed by atoms with Crippen molar-refractivity contribution in [2.45, 2.75) is 31.9 Å². The van der Waals surface area contributed by atoms with Gasteiger partial charge in [0.15, 0.2) is 0 Å². The Labute approximate surface area is 107 Å². The second-order valence-corrected chi connectivity index (χ2v) is 4.64. The number of rotatable bonds is 7. The number of urea groups is 1. The molecule has 0 aromatic heterocycles. The zero-order valence-corrected chi connectivity index (χ0v) is 11.3. The van der Waals surface area contributed by atoms with E-state index in [2.05, 4.69) is 5.32 Å². The summed E-state index contributed by atoms with van der Waals surface area (Å²) in [6, 6.07) is -0.496. The highest BCUT2D eigenvalue weighted by Gasteiger charge is 2.26. The number of nitrogens with zero attached hydrogens (tertiary/aromatic N) is 1. The molecule has 0 aromatic carbocycles. The predicted octanol–water partition coefficient (Wildman–Crippen LogP) is -0.112. The number of hydrogen-bond acceptors (Lipinski definition) is 4. The SMILES string of the molecule is COCC(C)N(C)C(=O)NCC(C)(O)CC(=O)O. The molecule has 106 valence electrons. The molecule has 0 bridgehead atoms. The number of carbonyl (C=O) groups is 2. The summed E-state index contributed by atoms with van der Waals surface area (Å²) in [5.74, 6) is -1.12. The fourth-order valence-electron chi connectivity index (χ4n) is 1.33. The number of carbonyl (C=O) groups excluding carboxylic acids is 1. The second-order valence-electron chi connectivity index (χ2n) is 4.64. The summed E-state index contributed by atoms with van der Waals surface area (Å²) in [7, 11) is 3.14. The number of hydrogen-bond donors (Lipinski definition) is 3. The van der Waals surface area contributed by atoms with E-state index in [1.165, 1.54) is 11.8 Å². The van der Waals surface area contributed by atoms with Crippen molar-refractivity contribution in [3.05, 3.63) is 0 Å². The van der Waals surface area contributed by atoms with E-state index in [1.807, 2.05) is 6.92 Å². The number of carboxylic acids is 1. The molecule has 2 unspecified atom stereocenters. The van der Waals surface area contributed by atoms with Gasteiger partial charge < -0.3 is 25.2 Å². The molecule has 0 heterocycles. The fraction of sp³-hybridized carbons (Fsp3) is 0.818. The van der Waals surface area contributed by atoms with Gasteiger partial charge in [-0.2, -0.15) is 0 Å². The van der Waals surface area contributed by atoms with Crippen LogP contribution in [-0.4, -0.2) is 66.1 Å². The maximum Gasteiger partial charge on any atom is 0.317 e. The van der Waals surface area contributed by atoms with Gasteiger partial charge in [-0.05, 0) is 13.8 Å². The first-order chi connectivity index (χ1) is 8.19. The maximum atomic E-state index is 11.7. The van der Waals surface area contributed by atoms with Crippen LogP contribution in [0.25, 0.3) is 0 Å². The van der Waals surface area contributed by atoms with E-state index in [4.69, 9.17) is 9.84 Å². The largest absolute Gasteiger partial charge is 0.481 e. The first-order valence-corrected chi connectivity index (χ1v) is 5.63. The van der Waals surface area contributed by atoms with E-state index in [0.29, 0.717) is 6.61 Å². The summed E-state index contributed by atoms with van der Waals surface area (Å²) in [6.45, 7) is 3.45. The molecule has 2 atom stereocenters.